The third-order valence-electron chi connectivity index (χ3n) is 2.08. The summed E-state index contributed by atoms with van der Waals surface area (Å²) in [5.41, 5.74) is 4.37. The van der Waals surface area contributed by atoms with E-state index in [0.717, 1.165) is 20.7 Å². The molecule has 0 fully saturated rings. The fourth-order valence-electron chi connectivity index (χ4n) is 1.30. The number of nitrogen functional groups attached to an aromatic ring is 1. The Hall–Kier alpha value is -1.02. The van der Waals surface area contributed by atoms with Crippen molar-refractivity contribution in [2.24, 2.45) is 5.84 Å². The van der Waals surface area contributed by atoms with Gasteiger partial charge in [0, 0.05) is 16.0 Å². The monoisotopic (exact) mass is 314 g/mol. The maximum absolute atomic E-state index is 5.55. The van der Waals surface area contributed by atoms with Crippen molar-refractivity contribution in [1.29, 1.82) is 0 Å². The van der Waals surface area contributed by atoms with Crippen LogP contribution in [0.5, 0.6) is 0 Å². The average molecular weight is 315 g/mol. The van der Waals surface area contributed by atoms with Gasteiger partial charge in [-0.2, -0.15) is 0 Å². The Balaban J connectivity index is 1.87. The van der Waals surface area contributed by atoms with Gasteiger partial charge in [-0.3, -0.25) is 0 Å². The molecule has 3 N–H and O–H groups in total. The topological polar surface area (TPSA) is 73.1 Å². The van der Waals surface area contributed by atoms with E-state index in [0.29, 0.717) is 13.2 Å². The Kier molecular flexibility index (Phi) is 4.43. The van der Waals surface area contributed by atoms with E-state index >= 15 is 0 Å². The van der Waals surface area contributed by atoms with Gasteiger partial charge in [0.15, 0.2) is 0 Å². The second-order valence-electron chi connectivity index (χ2n) is 3.32. The molecule has 2 rings (SSSR count). The van der Waals surface area contributed by atoms with E-state index in [-0.39, 0.29) is 0 Å². The van der Waals surface area contributed by atoms with Crippen LogP contribution in [-0.4, -0.2) is 9.59 Å². The minimum absolute atomic E-state index is 0.391. The summed E-state index contributed by atoms with van der Waals surface area (Å²) in [5, 5.41) is 4.66. The first-order chi connectivity index (χ1) is 8.29. The van der Waals surface area contributed by atoms with Gasteiger partial charge in [0.25, 0.3) is 0 Å². The quantitative estimate of drug-likeness (QED) is 0.654. The van der Waals surface area contributed by atoms with Gasteiger partial charge in [-0.15, -0.1) is 5.10 Å². The van der Waals surface area contributed by atoms with Crippen molar-refractivity contribution in [1.82, 2.24) is 9.59 Å². The minimum atomic E-state index is 0.391. The number of rotatable bonds is 5. The van der Waals surface area contributed by atoms with Crippen LogP contribution < -0.4 is 11.3 Å². The molecule has 5 nitrogen and oxygen atoms in total. The molecule has 17 heavy (non-hydrogen) atoms. The van der Waals surface area contributed by atoms with Crippen LogP contribution in [0.25, 0.3) is 0 Å². The number of halogens is 1. The summed E-state index contributed by atoms with van der Waals surface area (Å²) in [7, 11) is 0. The molecule has 2 aromatic rings. The summed E-state index contributed by atoms with van der Waals surface area (Å²) in [5.74, 6) is 5.32. The number of nitrogens with one attached hydrogen (secondary N) is 1. The first-order valence-electron chi connectivity index (χ1n) is 4.89. The van der Waals surface area contributed by atoms with Crippen LogP contribution in [0.1, 0.15) is 11.3 Å². The van der Waals surface area contributed by atoms with Crippen molar-refractivity contribution >= 4 is 32.5 Å². The number of aromatic nitrogens is 2. The summed E-state index contributed by atoms with van der Waals surface area (Å²) in [6.07, 6.45) is 0. The van der Waals surface area contributed by atoms with Crippen molar-refractivity contribution in [3.63, 3.8) is 0 Å². The van der Waals surface area contributed by atoms with E-state index in [1.807, 2.05) is 24.3 Å². The molecule has 0 aliphatic rings. The predicted molar refractivity (Wildman–Crippen MR) is 70.4 cm³/mol. The zero-order valence-corrected chi connectivity index (χ0v) is 11.3. The fraction of sp³-hybridized carbons (Fsp3) is 0.200. The number of benzene rings is 1. The van der Waals surface area contributed by atoms with Crippen LogP contribution in [0.15, 0.2) is 28.7 Å². The lowest BCUT2D eigenvalue weighted by Crippen LogP contribution is -2.08. The Morgan fingerprint density at radius 1 is 1.41 bits per heavy atom. The summed E-state index contributed by atoms with van der Waals surface area (Å²) in [4.78, 5) is 0. The normalized spacial score (nSPS) is 10.5. The zero-order chi connectivity index (χ0) is 12.1. The van der Waals surface area contributed by atoms with Gasteiger partial charge in [-0.25, -0.2) is 5.84 Å². The largest absolute Gasteiger partial charge is 0.370 e. The molecular formula is C10H11BrN4OS. The van der Waals surface area contributed by atoms with Gasteiger partial charge < -0.3 is 10.2 Å². The summed E-state index contributed by atoms with van der Waals surface area (Å²) >= 11 is 4.63. The first kappa shape index (κ1) is 12.4. The van der Waals surface area contributed by atoms with Gasteiger partial charge >= 0.3 is 0 Å². The van der Waals surface area contributed by atoms with Crippen LogP contribution in [-0.2, 0) is 18.0 Å². The first-order valence-corrected chi connectivity index (χ1v) is 6.46. The highest BCUT2D eigenvalue weighted by atomic mass is 79.9. The number of nitrogens with two attached hydrogens (primary N) is 1. The third-order valence-corrected chi connectivity index (χ3v) is 3.28. The van der Waals surface area contributed by atoms with E-state index in [9.17, 15) is 0 Å². The highest BCUT2D eigenvalue weighted by Crippen LogP contribution is 2.18. The van der Waals surface area contributed by atoms with E-state index < -0.39 is 0 Å². The molecule has 0 radical (unpaired) electrons. The molecule has 0 spiro atoms. The molecule has 90 valence electrons. The molecular weight excluding hydrogens is 304 g/mol. The number of hydrazine groups is 1. The number of hydrogen-bond acceptors (Lipinski definition) is 6. The molecule has 1 aromatic heterocycles. The molecule has 0 amide bonds. The second-order valence-corrected chi connectivity index (χ2v) is 4.99. The highest BCUT2D eigenvalue weighted by molar-refractivity contribution is 9.10. The van der Waals surface area contributed by atoms with E-state index in [1.54, 1.807) is 0 Å². The molecule has 0 unspecified atom stereocenters. The smallest absolute Gasteiger partial charge is 0.149 e. The lowest BCUT2D eigenvalue weighted by molar-refractivity contribution is 0.105. The maximum Gasteiger partial charge on any atom is 0.149 e. The van der Waals surface area contributed by atoms with Crippen molar-refractivity contribution < 1.29 is 4.74 Å². The van der Waals surface area contributed by atoms with Gasteiger partial charge in [0.2, 0.25) is 0 Å². The molecule has 0 saturated carbocycles. The molecule has 1 heterocycles. The van der Waals surface area contributed by atoms with Gasteiger partial charge in [-0.05, 0) is 17.7 Å². The molecule has 0 bridgehead atoms. The molecule has 0 aliphatic carbocycles. The maximum atomic E-state index is 5.55. The van der Waals surface area contributed by atoms with Crippen LogP contribution in [0.3, 0.4) is 0 Å². The zero-order valence-electron chi connectivity index (χ0n) is 8.89. The SMILES string of the molecule is NNc1snnc1COCc1cccc(Br)c1. The number of nitrogens with zero attached hydrogens (tertiary/aromatic N) is 2. The molecule has 0 aliphatic heterocycles. The summed E-state index contributed by atoms with van der Waals surface area (Å²) < 4.78 is 10.4. The van der Waals surface area contributed by atoms with Crippen molar-refractivity contribution in [3.8, 4) is 0 Å². The van der Waals surface area contributed by atoms with E-state index in [2.05, 4.69) is 30.9 Å². The van der Waals surface area contributed by atoms with Crippen molar-refractivity contribution in [2.75, 3.05) is 5.43 Å². The third kappa shape index (κ3) is 3.47. The average Bonchev–Trinajstić information content (AvgIpc) is 2.77. The number of anilines is 1. The summed E-state index contributed by atoms with van der Waals surface area (Å²) in [6.45, 7) is 0.920. The van der Waals surface area contributed by atoms with Crippen molar-refractivity contribution in [2.45, 2.75) is 13.2 Å². The molecule has 0 atom stereocenters. The van der Waals surface area contributed by atoms with Gasteiger partial charge in [0.1, 0.15) is 10.7 Å². The Labute approximate surface area is 111 Å². The number of hydrogen-bond donors (Lipinski definition) is 2. The predicted octanol–water partition coefficient (Wildman–Crippen LogP) is 2.30. The van der Waals surface area contributed by atoms with Crippen LogP contribution in [0.2, 0.25) is 0 Å². The molecule has 0 saturated heterocycles. The van der Waals surface area contributed by atoms with Gasteiger partial charge in [0.05, 0.1) is 13.2 Å². The van der Waals surface area contributed by atoms with E-state index in [1.165, 1.54) is 11.5 Å². The molecule has 1 aromatic carbocycles. The van der Waals surface area contributed by atoms with Crippen LogP contribution in [0, 0.1) is 0 Å². The molecule has 7 heteroatoms. The van der Waals surface area contributed by atoms with E-state index in [4.69, 9.17) is 10.6 Å². The Morgan fingerprint density at radius 3 is 3.06 bits per heavy atom. The van der Waals surface area contributed by atoms with Crippen LogP contribution in [0.4, 0.5) is 5.00 Å². The Bertz CT molecular complexity index is 491. The summed E-state index contributed by atoms with van der Waals surface area (Å²) in [6, 6.07) is 7.97. The van der Waals surface area contributed by atoms with Gasteiger partial charge in [-0.1, -0.05) is 32.6 Å². The van der Waals surface area contributed by atoms with Crippen molar-refractivity contribution in [3.05, 3.63) is 40.0 Å². The lowest BCUT2D eigenvalue weighted by Gasteiger charge is -2.04. The lowest BCUT2D eigenvalue weighted by atomic mass is 10.2. The van der Waals surface area contributed by atoms with Crippen LogP contribution >= 0.6 is 27.5 Å². The minimum Gasteiger partial charge on any atom is -0.370 e. The standard InChI is InChI=1S/C10H11BrN4OS/c11-8-3-1-2-7(4-8)5-16-6-9-10(13-12)17-15-14-9/h1-4,13H,5-6,12H2. The fourth-order valence-corrected chi connectivity index (χ4v) is 2.23. The highest BCUT2D eigenvalue weighted by Gasteiger charge is 2.06. The number of ether oxygens (including phenoxy) is 1. The second kappa shape index (κ2) is 6.06. The Morgan fingerprint density at radius 2 is 2.29 bits per heavy atom.